The molecule has 0 spiro atoms. The minimum atomic E-state index is -0.0878. The average Bonchev–Trinajstić information content (AvgIpc) is 2.11. The van der Waals surface area contributed by atoms with Crippen LogP contribution in [0.3, 0.4) is 0 Å². The van der Waals surface area contributed by atoms with E-state index in [1.165, 1.54) is 31.3 Å². The molecule has 0 bridgehead atoms. The van der Waals surface area contributed by atoms with Crippen molar-refractivity contribution in [1.82, 2.24) is 0 Å². The Morgan fingerprint density at radius 2 is 2.00 bits per heavy atom. The number of rotatable bonds is 7. The van der Waals surface area contributed by atoms with Gasteiger partial charge in [-0.1, -0.05) is 43.6 Å². The van der Waals surface area contributed by atoms with E-state index >= 15 is 0 Å². The van der Waals surface area contributed by atoms with Crippen molar-refractivity contribution in [3.05, 3.63) is 23.8 Å². The van der Waals surface area contributed by atoms with E-state index in [1.807, 2.05) is 6.92 Å². The number of hydrogen-bond acceptors (Lipinski definition) is 0. The summed E-state index contributed by atoms with van der Waals surface area (Å²) in [4.78, 5) is 0. The molecule has 0 rings (SSSR count). The molecule has 0 N–H and O–H groups in total. The van der Waals surface area contributed by atoms with Crippen molar-refractivity contribution in [2.24, 2.45) is 0 Å². The van der Waals surface area contributed by atoms with Crippen molar-refractivity contribution >= 4 is 0 Å². The molecule has 1 nitrogen and oxygen atoms in total. The van der Waals surface area contributed by atoms with E-state index < -0.39 is 0 Å². The molecule has 0 fully saturated rings. The Morgan fingerprint density at radius 3 is 2.62 bits per heavy atom. The fourth-order valence-electron chi connectivity index (χ4n) is 1.12. The van der Waals surface area contributed by atoms with Crippen molar-refractivity contribution in [3.8, 4) is 0 Å². The lowest BCUT2D eigenvalue weighted by Crippen LogP contribution is -1.77. The minimum absolute atomic E-state index is 0.0878. The first-order valence-electron chi connectivity index (χ1n) is 5.20. The molecule has 75 valence electrons. The highest BCUT2D eigenvalue weighted by molar-refractivity contribution is 5.04. The zero-order valence-electron chi connectivity index (χ0n) is 8.88. The first-order chi connectivity index (χ1) is 6.31. The second-order valence-electron chi connectivity index (χ2n) is 3.39. The summed E-state index contributed by atoms with van der Waals surface area (Å²) in [7, 11) is 0. The Morgan fingerprint density at radius 1 is 1.23 bits per heavy atom. The molecular weight excluding hydrogens is 160 g/mol. The summed E-state index contributed by atoms with van der Waals surface area (Å²) in [5.41, 5.74) is 1.18. The second-order valence-corrected chi connectivity index (χ2v) is 3.39. The quantitative estimate of drug-likeness (QED) is 0.419. The minimum Gasteiger partial charge on any atom is -0.232 e. The summed E-state index contributed by atoms with van der Waals surface area (Å²) in [5.74, 6) is 0. The van der Waals surface area contributed by atoms with Crippen LogP contribution in [0.5, 0.6) is 0 Å². The number of allylic oxidation sites excluding steroid dienone is 3. The van der Waals surface area contributed by atoms with Gasteiger partial charge >= 0.3 is 0 Å². The number of hydrogen-bond donors (Lipinski definition) is 0. The van der Waals surface area contributed by atoms with E-state index in [9.17, 15) is 5.11 Å². The molecule has 1 heteroatoms. The van der Waals surface area contributed by atoms with Crippen LogP contribution >= 0.6 is 0 Å². The van der Waals surface area contributed by atoms with E-state index in [0.717, 1.165) is 6.42 Å². The van der Waals surface area contributed by atoms with Crippen molar-refractivity contribution in [1.29, 1.82) is 0 Å². The molecule has 13 heavy (non-hydrogen) atoms. The summed E-state index contributed by atoms with van der Waals surface area (Å²) in [5, 5.41) is 10.2. The van der Waals surface area contributed by atoms with Gasteiger partial charge in [-0.05, 0) is 26.2 Å². The smallest absolute Gasteiger partial charge is 0.101 e. The molecule has 0 saturated carbocycles. The predicted molar refractivity (Wildman–Crippen MR) is 57.2 cm³/mol. The molecule has 0 amide bonds. The van der Waals surface area contributed by atoms with Gasteiger partial charge in [0, 0.05) is 0 Å². The summed E-state index contributed by atoms with van der Waals surface area (Å²) < 4.78 is 0. The van der Waals surface area contributed by atoms with E-state index in [0.29, 0.717) is 0 Å². The van der Waals surface area contributed by atoms with E-state index in [4.69, 9.17) is 0 Å². The summed E-state index contributed by atoms with van der Waals surface area (Å²) in [6.45, 7) is 4.13. The second kappa shape index (κ2) is 9.53. The maximum atomic E-state index is 10.2. The van der Waals surface area contributed by atoms with Crippen LogP contribution in [-0.4, -0.2) is 6.61 Å². The molecule has 0 unspecified atom stereocenters. The lowest BCUT2D eigenvalue weighted by molar-refractivity contribution is 0.231. The van der Waals surface area contributed by atoms with Gasteiger partial charge in [0.05, 0.1) is 0 Å². The lowest BCUT2D eigenvalue weighted by atomic mass is 10.1. The molecule has 0 heterocycles. The lowest BCUT2D eigenvalue weighted by Gasteiger charge is -1.94. The van der Waals surface area contributed by atoms with Crippen LogP contribution in [0, 0.1) is 0 Å². The SMILES string of the molecule is CCCCCC=CCC(C)=CC[O]. The van der Waals surface area contributed by atoms with Crippen LogP contribution in [0.2, 0.25) is 0 Å². The van der Waals surface area contributed by atoms with Gasteiger partial charge in [-0.25, -0.2) is 5.11 Å². The Labute approximate surface area is 82.2 Å². The maximum Gasteiger partial charge on any atom is 0.101 e. The molecule has 0 saturated heterocycles. The van der Waals surface area contributed by atoms with Gasteiger partial charge in [-0.2, -0.15) is 0 Å². The van der Waals surface area contributed by atoms with Crippen molar-refractivity contribution in [2.45, 2.75) is 46.0 Å². The Kier molecular flexibility index (Phi) is 9.12. The highest BCUT2D eigenvalue weighted by Gasteiger charge is 1.85. The van der Waals surface area contributed by atoms with Crippen LogP contribution in [0.1, 0.15) is 46.0 Å². The third kappa shape index (κ3) is 9.35. The first kappa shape index (κ1) is 12.4. The third-order valence-electron chi connectivity index (χ3n) is 2.01. The topological polar surface area (TPSA) is 19.9 Å². The third-order valence-corrected chi connectivity index (χ3v) is 2.01. The highest BCUT2D eigenvalue weighted by atomic mass is 16.2. The summed E-state index contributed by atoms with van der Waals surface area (Å²) >= 11 is 0. The molecule has 0 aromatic rings. The van der Waals surface area contributed by atoms with E-state index in [2.05, 4.69) is 19.1 Å². The van der Waals surface area contributed by atoms with Crippen LogP contribution in [0.15, 0.2) is 23.8 Å². The molecule has 0 aromatic heterocycles. The Hall–Kier alpha value is -0.560. The molecule has 0 aliphatic rings. The van der Waals surface area contributed by atoms with Crippen molar-refractivity contribution < 1.29 is 5.11 Å². The van der Waals surface area contributed by atoms with Crippen LogP contribution < -0.4 is 0 Å². The maximum absolute atomic E-state index is 10.2. The van der Waals surface area contributed by atoms with Gasteiger partial charge in [0.15, 0.2) is 0 Å². The standard InChI is InChI=1S/C12H21O/c1-3-4-5-6-7-8-9-12(2)10-11-13/h7-8,10H,3-6,9,11H2,1-2H3. The van der Waals surface area contributed by atoms with Crippen molar-refractivity contribution in [3.63, 3.8) is 0 Å². The zero-order chi connectivity index (χ0) is 9.94. The van der Waals surface area contributed by atoms with E-state index in [1.54, 1.807) is 6.08 Å². The molecule has 0 atom stereocenters. The highest BCUT2D eigenvalue weighted by Crippen LogP contribution is 2.03. The van der Waals surface area contributed by atoms with Gasteiger partial charge in [-0.15, -0.1) is 0 Å². The number of unbranched alkanes of at least 4 members (excludes halogenated alkanes) is 3. The van der Waals surface area contributed by atoms with Crippen LogP contribution in [0.25, 0.3) is 0 Å². The fraction of sp³-hybridized carbons (Fsp3) is 0.667. The summed E-state index contributed by atoms with van der Waals surface area (Å²) in [6, 6.07) is 0. The summed E-state index contributed by atoms with van der Waals surface area (Å²) in [6.07, 6.45) is 12.1. The first-order valence-corrected chi connectivity index (χ1v) is 5.20. The predicted octanol–water partition coefficient (Wildman–Crippen LogP) is 3.89. The fourth-order valence-corrected chi connectivity index (χ4v) is 1.12. The molecular formula is C12H21O. The molecule has 0 aliphatic carbocycles. The van der Waals surface area contributed by atoms with Gasteiger partial charge in [-0.3, -0.25) is 0 Å². The average molecular weight is 181 g/mol. The van der Waals surface area contributed by atoms with Crippen molar-refractivity contribution in [2.75, 3.05) is 6.61 Å². The van der Waals surface area contributed by atoms with Gasteiger partial charge in [0.2, 0.25) is 0 Å². The molecule has 1 radical (unpaired) electrons. The Balaban J connectivity index is 3.35. The zero-order valence-corrected chi connectivity index (χ0v) is 8.88. The van der Waals surface area contributed by atoms with Crippen LogP contribution in [-0.2, 0) is 5.11 Å². The molecule has 0 aromatic carbocycles. The van der Waals surface area contributed by atoms with Crippen LogP contribution in [0.4, 0.5) is 0 Å². The van der Waals surface area contributed by atoms with Gasteiger partial charge in [0.1, 0.15) is 6.61 Å². The van der Waals surface area contributed by atoms with E-state index in [-0.39, 0.29) is 6.61 Å². The molecule has 0 aliphatic heterocycles. The van der Waals surface area contributed by atoms with Gasteiger partial charge < -0.3 is 0 Å². The van der Waals surface area contributed by atoms with Gasteiger partial charge in [0.25, 0.3) is 0 Å². The normalized spacial score (nSPS) is 12.7. The Bertz CT molecular complexity index is 157. The monoisotopic (exact) mass is 181 g/mol. The largest absolute Gasteiger partial charge is 0.232 e.